The van der Waals surface area contributed by atoms with Gasteiger partial charge >= 0.3 is 0 Å². The van der Waals surface area contributed by atoms with E-state index >= 15 is 0 Å². The van der Waals surface area contributed by atoms with E-state index in [1.54, 1.807) is 18.5 Å². The molecule has 0 aliphatic rings. The number of hydrogen-bond donors (Lipinski definition) is 3. The number of nitrogens with one attached hydrogen (secondary N) is 3. The first-order valence-electron chi connectivity index (χ1n) is 5.86. The molecule has 0 spiro atoms. The Labute approximate surface area is 116 Å². The van der Waals surface area contributed by atoms with Crippen molar-refractivity contribution in [1.82, 2.24) is 9.97 Å². The van der Waals surface area contributed by atoms with Gasteiger partial charge in [0.2, 0.25) is 5.91 Å². The van der Waals surface area contributed by atoms with E-state index in [9.17, 15) is 4.79 Å². The standard InChI is InChI=1S/C13H15ClN4O/c1-8-13(17-7-16-8)6-15-10-3-4-12(11(14)5-10)18-9(2)19/h3-5,7,15H,6H2,1-2H3,(H,16,17)(H,18,19). The van der Waals surface area contributed by atoms with Gasteiger partial charge in [-0.05, 0) is 25.1 Å². The highest BCUT2D eigenvalue weighted by Crippen LogP contribution is 2.25. The van der Waals surface area contributed by atoms with E-state index in [1.807, 2.05) is 13.0 Å². The second kappa shape index (κ2) is 5.75. The number of nitrogens with zero attached hydrogens (tertiary/aromatic N) is 1. The number of H-pyrrole nitrogens is 1. The summed E-state index contributed by atoms with van der Waals surface area (Å²) in [6, 6.07) is 5.40. The normalized spacial score (nSPS) is 10.3. The molecule has 0 aliphatic carbocycles. The number of aryl methyl sites for hydroxylation is 1. The summed E-state index contributed by atoms with van der Waals surface area (Å²) in [6.07, 6.45) is 1.67. The van der Waals surface area contributed by atoms with Crippen LogP contribution in [0.5, 0.6) is 0 Å². The molecule has 19 heavy (non-hydrogen) atoms. The Morgan fingerprint density at radius 2 is 2.26 bits per heavy atom. The zero-order chi connectivity index (χ0) is 13.8. The van der Waals surface area contributed by atoms with Crippen LogP contribution in [0.2, 0.25) is 5.02 Å². The number of benzene rings is 1. The highest BCUT2D eigenvalue weighted by molar-refractivity contribution is 6.34. The number of carbonyl (C=O) groups is 1. The summed E-state index contributed by atoms with van der Waals surface area (Å²) in [5.74, 6) is -0.144. The van der Waals surface area contributed by atoms with E-state index < -0.39 is 0 Å². The molecule has 100 valence electrons. The number of carbonyl (C=O) groups excluding carboxylic acids is 1. The number of aromatic amines is 1. The van der Waals surface area contributed by atoms with Crippen LogP contribution in [0.4, 0.5) is 11.4 Å². The topological polar surface area (TPSA) is 69.8 Å². The van der Waals surface area contributed by atoms with Gasteiger partial charge in [-0.2, -0.15) is 0 Å². The Hall–Kier alpha value is -2.01. The maximum Gasteiger partial charge on any atom is 0.221 e. The van der Waals surface area contributed by atoms with Gasteiger partial charge in [-0.25, -0.2) is 4.98 Å². The van der Waals surface area contributed by atoms with Crippen LogP contribution in [0.25, 0.3) is 0 Å². The SMILES string of the molecule is CC(=O)Nc1ccc(NCc2nc[nH]c2C)cc1Cl. The Kier molecular flexibility index (Phi) is 4.06. The fraction of sp³-hybridized carbons (Fsp3) is 0.231. The largest absolute Gasteiger partial charge is 0.379 e. The second-order valence-electron chi connectivity index (χ2n) is 4.20. The van der Waals surface area contributed by atoms with Gasteiger partial charge in [-0.1, -0.05) is 11.6 Å². The van der Waals surface area contributed by atoms with Crippen molar-refractivity contribution in [3.05, 3.63) is 40.9 Å². The lowest BCUT2D eigenvalue weighted by Gasteiger charge is -2.09. The molecule has 0 unspecified atom stereocenters. The van der Waals surface area contributed by atoms with Gasteiger partial charge in [0, 0.05) is 18.3 Å². The number of amides is 1. The molecule has 2 rings (SSSR count). The van der Waals surface area contributed by atoms with Crippen LogP contribution in [0.15, 0.2) is 24.5 Å². The van der Waals surface area contributed by atoms with Gasteiger partial charge in [0.15, 0.2) is 0 Å². The summed E-state index contributed by atoms with van der Waals surface area (Å²) in [5, 5.41) is 6.39. The maximum absolute atomic E-state index is 11.0. The van der Waals surface area contributed by atoms with Crippen LogP contribution in [-0.4, -0.2) is 15.9 Å². The van der Waals surface area contributed by atoms with Crippen molar-refractivity contribution >= 4 is 28.9 Å². The lowest BCUT2D eigenvalue weighted by atomic mass is 10.2. The van der Waals surface area contributed by atoms with Crippen molar-refractivity contribution < 1.29 is 4.79 Å². The molecule has 0 radical (unpaired) electrons. The van der Waals surface area contributed by atoms with Gasteiger partial charge in [-0.15, -0.1) is 0 Å². The Morgan fingerprint density at radius 3 is 2.84 bits per heavy atom. The van der Waals surface area contributed by atoms with E-state index in [2.05, 4.69) is 20.6 Å². The summed E-state index contributed by atoms with van der Waals surface area (Å²) >= 11 is 6.09. The average molecular weight is 279 g/mol. The van der Waals surface area contributed by atoms with Crippen LogP contribution in [0.1, 0.15) is 18.3 Å². The van der Waals surface area contributed by atoms with E-state index in [-0.39, 0.29) is 5.91 Å². The first kappa shape index (κ1) is 13.4. The van der Waals surface area contributed by atoms with Crippen molar-refractivity contribution in [2.75, 3.05) is 10.6 Å². The van der Waals surface area contributed by atoms with E-state index in [0.717, 1.165) is 17.1 Å². The first-order valence-corrected chi connectivity index (χ1v) is 6.24. The van der Waals surface area contributed by atoms with Crippen molar-refractivity contribution in [1.29, 1.82) is 0 Å². The first-order chi connectivity index (χ1) is 9.06. The van der Waals surface area contributed by atoms with Gasteiger partial charge in [0.25, 0.3) is 0 Å². The van der Waals surface area contributed by atoms with Gasteiger partial charge < -0.3 is 15.6 Å². The van der Waals surface area contributed by atoms with Gasteiger partial charge in [0.1, 0.15) is 0 Å². The summed E-state index contributed by atoms with van der Waals surface area (Å²) in [7, 11) is 0. The predicted molar refractivity (Wildman–Crippen MR) is 76.4 cm³/mol. The fourth-order valence-corrected chi connectivity index (χ4v) is 1.90. The maximum atomic E-state index is 11.0. The molecular formula is C13H15ClN4O. The smallest absolute Gasteiger partial charge is 0.221 e. The molecule has 0 aliphatic heterocycles. The highest BCUT2D eigenvalue weighted by Gasteiger charge is 2.05. The molecule has 1 heterocycles. The zero-order valence-corrected chi connectivity index (χ0v) is 11.5. The minimum Gasteiger partial charge on any atom is -0.379 e. The Balaban J connectivity index is 2.04. The lowest BCUT2D eigenvalue weighted by molar-refractivity contribution is -0.114. The number of rotatable bonds is 4. The molecule has 0 atom stereocenters. The average Bonchev–Trinajstić information content (AvgIpc) is 2.75. The third-order valence-corrected chi connectivity index (χ3v) is 2.99. The number of aromatic nitrogens is 2. The zero-order valence-electron chi connectivity index (χ0n) is 10.7. The number of hydrogen-bond acceptors (Lipinski definition) is 3. The molecule has 0 saturated heterocycles. The highest BCUT2D eigenvalue weighted by atomic mass is 35.5. The van der Waals surface area contributed by atoms with Crippen LogP contribution in [0, 0.1) is 6.92 Å². The molecular weight excluding hydrogens is 264 g/mol. The van der Waals surface area contributed by atoms with Gasteiger partial charge in [0.05, 0.1) is 29.3 Å². The summed E-state index contributed by atoms with van der Waals surface area (Å²) < 4.78 is 0. The predicted octanol–water partition coefficient (Wildman–Crippen LogP) is 2.94. The van der Waals surface area contributed by atoms with E-state index in [1.165, 1.54) is 6.92 Å². The molecule has 1 amide bonds. The monoisotopic (exact) mass is 278 g/mol. The molecule has 6 heteroatoms. The van der Waals surface area contributed by atoms with Gasteiger partial charge in [-0.3, -0.25) is 4.79 Å². The molecule has 1 aromatic carbocycles. The lowest BCUT2D eigenvalue weighted by Crippen LogP contribution is -2.07. The number of imidazole rings is 1. The molecule has 0 saturated carbocycles. The van der Waals surface area contributed by atoms with Crippen molar-refractivity contribution in [2.45, 2.75) is 20.4 Å². The molecule has 1 aromatic heterocycles. The number of halogens is 1. The van der Waals surface area contributed by atoms with E-state index in [4.69, 9.17) is 11.6 Å². The summed E-state index contributed by atoms with van der Waals surface area (Å²) in [5.41, 5.74) is 3.48. The van der Waals surface area contributed by atoms with Crippen LogP contribution < -0.4 is 10.6 Å². The summed E-state index contributed by atoms with van der Waals surface area (Å²) in [6.45, 7) is 4.03. The second-order valence-corrected chi connectivity index (χ2v) is 4.61. The van der Waals surface area contributed by atoms with Crippen molar-refractivity contribution in [3.63, 3.8) is 0 Å². The third-order valence-electron chi connectivity index (χ3n) is 2.67. The quantitative estimate of drug-likeness (QED) is 0.805. The van der Waals surface area contributed by atoms with Crippen LogP contribution in [-0.2, 0) is 11.3 Å². The minimum atomic E-state index is -0.144. The Bertz CT molecular complexity index is 594. The number of anilines is 2. The van der Waals surface area contributed by atoms with Crippen molar-refractivity contribution in [3.8, 4) is 0 Å². The fourth-order valence-electron chi connectivity index (χ4n) is 1.67. The molecule has 0 bridgehead atoms. The molecule has 3 N–H and O–H groups in total. The molecule has 0 fully saturated rings. The minimum absolute atomic E-state index is 0.144. The van der Waals surface area contributed by atoms with Crippen LogP contribution in [0.3, 0.4) is 0 Å². The van der Waals surface area contributed by atoms with E-state index in [0.29, 0.717) is 17.3 Å². The molecule has 5 nitrogen and oxygen atoms in total. The third kappa shape index (κ3) is 3.48. The van der Waals surface area contributed by atoms with Crippen molar-refractivity contribution in [2.24, 2.45) is 0 Å². The molecule has 2 aromatic rings. The summed E-state index contributed by atoms with van der Waals surface area (Å²) in [4.78, 5) is 18.2. The Morgan fingerprint density at radius 1 is 1.47 bits per heavy atom. The van der Waals surface area contributed by atoms with Crippen LogP contribution >= 0.6 is 11.6 Å².